The first-order chi connectivity index (χ1) is 18.8. The van der Waals surface area contributed by atoms with E-state index in [9.17, 15) is 14.1 Å². The monoisotopic (exact) mass is 556 g/mol. The van der Waals surface area contributed by atoms with Gasteiger partial charge >= 0.3 is 0 Å². The Morgan fingerprint density at radius 2 is 1.87 bits per heavy atom. The van der Waals surface area contributed by atoms with Crippen LogP contribution in [0.15, 0.2) is 57.7 Å². The number of hydrogen-bond acceptors (Lipinski definition) is 6. The first-order valence-corrected chi connectivity index (χ1v) is 14.9. The molecule has 4 unspecified atom stereocenters. The van der Waals surface area contributed by atoms with Crippen LogP contribution in [0.2, 0.25) is 0 Å². The zero-order valence-corrected chi connectivity index (χ0v) is 25.0. The molecule has 1 aliphatic heterocycles. The SMILES string of the molecule is C=CCC(C(=C)C)C1C=NC(S(=O)c2c(O)c(-c3c(OC)cccc3OC)c(CCCC)[nH]c2=O)CC1.CC. The van der Waals surface area contributed by atoms with Gasteiger partial charge in [-0.3, -0.25) is 14.0 Å². The van der Waals surface area contributed by atoms with Crippen molar-refractivity contribution >= 4 is 17.0 Å². The number of H-pyrrole nitrogens is 1. The summed E-state index contributed by atoms with van der Waals surface area (Å²) >= 11 is 0. The van der Waals surface area contributed by atoms with Crippen molar-refractivity contribution in [1.29, 1.82) is 0 Å². The highest BCUT2D eigenvalue weighted by Gasteiger charge is 2.32. The fourth-order valence-electron chi connectivity index (χ4n) is 4.93. The number of ether oxygens (including phenoxy) is 2. The number of allylic oxidation sites excluding steroid dienone is 2. The molecular weight excluding hydrogens is 512 g/mol. The number of aromatic amines is 1. The van der Waals surface area contributed by atoms with Crippen LogP contribution in [0.5, 0.6) is 17.2 Å². The smallest absolute Gasteiger partial charge is 0.268 e. The molecule has 1 aromatic carbocycles. The van der Waals surface area contributed by atoms with E-state index in [0.29, 0.717) is 41.2 Å². The van der Waals surface area contributed by atoms with Gasteiger partial charge in [0.15, 0.2) is 0 Å². The van der Waals surface area contributed by atoms with Crippen molar-refractivity contribution in [2.75, 3.05) is 14.2 Å². The van der Waals surface area contributed by atoms with Crippen LogP contribution in [0.1, 0.15) is 65.5 Å². The van der Waals surface area contributed by atoms with Crippen LogP contribution in [0.4, 0.5) is 0 Å². The number of rotatable bonds is 12. The first-order valence-electron chi connectivity index (χ1n) is 13.7. The van der Waals surface area contributed by atoms with Crippen molar-refractivity contribution in [3.63, 3.8) is 0 Å². The number of nitrogens with zero attached hydrogens (tertiary/aromatic N) is 1. The summed E-state index contributed by atoms with van der Waals surface area (Å²) in [7, 11) is 1.20. The van der Waals surface area contributed by atoms with Crippen LogP contribution in [0.3, 0.4) is 0 Å². The van der Waals surface area contributed by atoms with Crippen LogP contribution in [-0.2, 0) is 17.2 Å². The normalized spacial score (nSPS) is 17.9. The molecule has 2 N–H and O–H groups in total. The molecule has 2 heterocycles. The van der Waals surface area contributed by atoms with Crippen molar-refractivity contribution in [2.45, 2.75) is 76.5 Å². The Balaban J connectivity index is 0.00000260. The molecule has 39 heavy (non-hydrogen) atoms. The van der Waals surface area contributed by atoms with Gasteiger partial charge in [-0.15, -0.1) is 6.58 Å². The summed E-state index contributed by atoms with van der Waals surface area (Å²) < 4.78 is 24.9. The van der Waals surface area contributed by atoms with Crippen LogP contribution in [0.25, 0.3) is 11.1 Å². The molecule has 1 aliphatic rings. The number of hydrogen-bond donors (Lipinski definition) is 2. The lowest BCUT2D eigenvalue weighted by Crippen LogP contribution is -2.28. The van der Waals surface area contributed by atoms with Gasteiger partial charge in [-0.05, 0) is 57.1 Å². The molecule has 8 heteroatoms. The highest BCUT2D eigenvalue weighted by atomic mass is 32.2. The van der Waals surface area contributed by atoms with Gasteiger partial charge in [0.2, 0.25) is 0 Å². The molecule has 1 aromatic heterocycles. The van der Waals surface area contributed by atoms with E-state index >= 15 is 0 Å². The molecule has 0 fully saturated rings. The average Bonchev–Trinajstić information content (AvgIpc) is 2.95. The Morgan fingerprint density at radius 3 is 2.36 bits per heavy atom. The van der Waals surface area contributed by atoms with E-state index in [1.54, 1.807) is 18.2 Å². The predicted octanol–water partition coefficient (Wildman–Crippen LogP) is 6.82. The zero-order chi connectivity index (χ0) is 29.1. The maximum absolute atomic E-state index is 13.7. The molecule has 7 nitrogen and oxygen atoms in total. The fraction of sp³-hybridized carbons (Fsp3) is 0.484. The summed E-state index contributed by atoms with van der Waals surface area (Å²) in [5.74, 6) is 1.01. The Hall–Kier alpha value is -3.13. The van der Waals surface area contributed by atoms with E-state index in [1.165, 1.54) is 14.2 Å². The largest absolute Gasteiger partial charge is 0.506 e. The van der Waals surface area contributed by atoms with Crippen molar-refractivity contribution < 1.29 is 18.8 Å². The number of aromatic hydroxyl groups is 1. The Bertz CT molecular complexity index is 1230. The molecule has 214 valence electrons. The van der Waals surface area contributed by atoms with E-state index in [2.05, 4.69) is 23.1 Å². The predicted molar refractivity (Wildman–Crippen MR) is 162 cm³/mol. The van der Waals surface area contributed by atoms with Crippen molar-refractivity contribution in [1.82, 2.24) is 4.98 Å². The molecule has 0 aliphatic carbocycles. The number of pyridine rings is 1. The Morgan fingerprint density at radius 1 is 1.23 bits per heavy atom. The number of aromatic nitrogens is 1. The third-order valence-electron chi connectivity index (χ3n) is 6.89. The van der Waals surface area contributed by atoms with Crippen LogP contribution >= 0.6 is 0 Å². The molecule has 0 saturated heterocycles. The summed E-state index contributed by atoms with van der Waals surface area (Å²) in [6, 6.07) is 5.30. The minimum atomic E-state index is -1.87. The maximum atomic E-state index is 13.7. The van der Waals surface area contributed by atoms with Gasteiger partial charge in [0.25, 0.3) is 5.56 Å². The van der Waals surface area contributed by atoms with Crippen molar-refractivity contribution in [2.24, 2.45) is 16.8 Å². The quantitative estimate of drug-likeness (QED) is 0.280. The summed E-state index contributed by atoms with van der Waals surface area (Å²) in [5, 5.41) is 10.9. The van der Waals surface area contributed by atoms with E-state index in [4.69, 9.17) is 9.47 Å². The topological polar surface area (TPSA) is 101 Å². The minimum Gasteiger partial charge on any atom is -0.506 e. The lowest BCUT2D eigenvalue weighted by atomic mass is 9.81. The molecular formula is C31H44N2O5S. The lowest BCUT2D eigenvalue weighted by Gasteiger charge is -2.28. The number of unbranched alkanes of at least 4 members (excludes halogenated alkanes) is 1. The number of aliphatic imine (C=N–C) groups is 1. The molecule has 0 spiro atoms. The molecule has 0 radical (unpaired) electrons. The van der Waals surface area contributed by atoms with Gasteiger partial charge in [0, 0.05) is 17.8 Å². The van der Waals surface area contributed by atoms with Crippen molar-refractivity contribution in [3.05, 3.63) is 59.1 Å². The number of methoxy groups -OCH3 is 2. The minimum absolute atomic E-state index is 0.167. The van der Waals surface area contributed by atoms with Crippen LogP contribution < -0.4 is 15.0 Å². The molecule has 0 saturated carbocycles. The summed E-state index contributed by atoms with van der Waals surface area (Å²) in [4.78, 5) is 20.5. The van der Waals surface area contributed by atoms with Gasteiger partial charge in [0.05, 0.1) is 36.1 Å². The molecule has 0 bridgehead atoms. The third kappa shape index (κ3) is 7.29. The van der Waals surface area contributed by atoms with E-state index in [0.717, 1.165) is 31.3 Å². The van der Waals surface area contributed by atoms with Crippen molar-refractivity contribution in [3.8, 4) is 28.4 Å². The number of aryl methyl sites for hydroxylation is 1. The first kappa shape index (κ1) is 32.1. The second-order valence-electron chi connectivity index (χ2n) is 9.40. The fourth-order valence-corrected chi connectivity index (χ4v) is 6.26. The summed E-state index contributed by atoms with van der Waals surface area (Å²) in [5.41, 5.74) is 1.92. The Labute approximate surface area is 235 Å². The summed E-state index contributed by atoms with van der Waals surface area (Å²) in [6.07, 6.45) is 8.01. The maximum Gasteiger partial charge on any atom is 0.268 e. The second kappa shape index (κ2) is 15.5. The van der Waals surface area contributed by atoms with E-state index < -0.39 is 21.7 Å². The van der Waals surface area contributed by atoms with Gasteiger partial charge < -0.3 is 19.6 Å². The molecule has 2 aromatic rings. The molecule has 4 atom stereocenters. The van der Waals surface area contributed by atoms with E-state index in [1.807, 2.05) is 40.0 Å². The second-order valence-corrected chi connectivity index (χ2v) is 10.9. The van der Waals surface area contributed by atoms with Crippen LogP contribution in [0, 0.1) is 11.8 Å². The lowest BCUT2D eigenvalue weighted by molar-refractivity contribution is 0.395. The number of benzene rings is 1. The standard InChI is InChI=1S/C29H38N2O5S.C2H6/c1-7-9-12-21-25(26-22(35-5)13-10-14-23(26)36-6)27(32)28(29(33)31-21)37(34)24-16-15-19(17-30-24)20(11-8-2)18(3)4;1-2/h8,10,13-14,17,19-20,24H,2-3,7,9,11-12,15-16H2,1,4-6H3,(H2,31,32,33);1-2H3. The molecule has 0 amide bonds. The van der Waals surface area contributed by atoms with Crippen LogP contribution in [-0.4, -0.2) is 40.1 Å². The van der Waals surface area contributed by atoms with Gasteiger partial charge in [-0.25, -0.2) is 0 Å². The highest BCUT2D eigenvalue weighted by Crippen LogP contribution is 2.45. The molecule has 3 rings (SSSR count). The highest BCUT2D eigenvalue weighted by molar-refractivity contribution is 7.85. The summed E-state index contributed by atoms with van der Waals surface area (Å²) in [6.45, 7) is 16.0. The van der Waals surface area contributed by atoms with Gasteiger partial charge in [0.1, 0.15) is 27.5 Å². The van der Waals surface area contributed by atoms with Gasteiger partial charge in [-0.1, -0.05) is 51.5 Å². The third-order valence-corrected chi connectivity index (χ3v) is 8.52. The van der Waals surface area contributed by atoms with Gasteiger partial charge in [-0.2, -0.15) is 0 Å². The average molecular weight is 557 g/mol. The van der Waals surface area contributed by atoms with E-state index in [-0.39, 0.29) is 22.5 Å². The Kier molecular flexibility index (Phi) is 12.7. The zero-order valence-electron chi connectivity index (χ0n) is 24.2. The number of nitrogens with one attached hydrogen (secondary N) is 1.